The number of nitrogens with zero attached hydrogens (tertiary/aromatic N) is 7. The fourth-order valence-corrected chi connectivity index (χ4v) is 10.8. The summed E-state index contributed by atoms with van der Waals surface area (Å²) < 4.78 is 0. The van der Waals surface area contributed by atoms with Gasteiger partial charge in [-0.2, -0.15) is 0 Å². The molecule has 1 fully saturated rings. The van der Waals surface area contributed by atoms with Gasteiger partial charge in [-0.3, -0.25) is 52.7 Å². The van der Waals surface area contributed by atoms with Gasteiger partial charge in [-0.15, -0.1) is 0 Å². The molecule has 13 atom stereocenters. The smallest absolute Gasteiger partial charge is 0.246 e. The number of likely N-dealkylation sites (N-methyl/N-ethyl adjacent to an activating group) is 7. The summed E-state index contributed by atoms with van der Waals surface area (Å²) in [5.74, 6) is -10.1. The van der Waals surface area contributed by atoms with Gasteiger partial charge in [0.25, 0.3) is 0 Å². The van der Waals surface area contributed by atoms with Gasteiger partial charge in [0.05, 0.1) is 18.8 Å². The van der Waals surface area contributed by atoms with Crippen molar-refractivity contribution in [3.8, 4) is 0 Å². The Morgan fingerprint density at radius 1 is 0.448 bits per heavy atom. The number of hydrogen-bond donors (Lipinski definition) is 6. The van der Waals surface area contributed by atoms with E-state index < -0.39 is 162 Å². The van der Waals surface area contributed by atoms with Crippen LogP contribution in [-0.4, -0.2) is 238 Å². The molecule has 87 heavy (non-hydrogen) atoms. The van der Waals surface area contributed by atoms with Gasteiger partial charge in [0, 0.05) is 49.3 Å². The molecule has 6 N–H and O–H groups in total. The standard InChI is InChI=1S/C63H113N11O13/c1-25-44-59(83)68(18)33-49(76)69(19)45(29-34(2)3)56(80)67-50(38(10)11)62(86)70(20)46(30-35(4)5)55(79)64-42(16)54(78)65-43(17)58(82)71(21)47(31-36(6)7)60(84)72(22)48(32-37(8)9)61(85)73(23)51(39(12)13)63(87)74(24)52(57(81)66-44)53(77)40(14)27-26-28-41(15)75/h26,28,34-48,50-53,75,77H,25,27,29-33H2,1-24H3,(H,64,79)(H,65,78)(H,66,81)(H,67,80)/b28-26-/t40-,41?,42+,43+,44+,45+,46+,47+,48+,50+,51+,52?,53-/m1/s1. The van der Waals surface area contributed by atoms with E-state index >= 15 is 9.59 Å². The number of nitrogens with one attached hydrogen (secondary N) is 4. The Kier molecular flexibility index (Phi) is 32.4. The molecule has 0 saturated carbocycles. The van der Waals surface area contributed by atoms with Gasteiger partial charge in [0.15, 0.2) is 0 Å². The van der Waals surface area contributed by atoms with Crippen molar-refractivity contribution in [1.29, 1.82) is 0 Å². The molecule has 0 aromatic rings. The van der Waals surface area contributed by atoms with Crippen LogP contribution in [0, 0.1) is 41.4 Å². The average Bonchev–Trinajstić information content (AvgIpc) is 1.19. The lowest BCUT2D eigenvalue weighted by Gasteiger charge is -2.41. The van der Waals surface area contributed by atoms with Crippen LogP contribution in [0.1, 0.15) is 156 Å². The highest BCUT2D eigenvalue weighted by Gasteiger charge is 2.46. The second-order valence-electron chi connectivity index (χ2n) is 26.7. The highest BCUT2D eigenvalue weighted by molar-refractivity contribution is 5.99. The number of carbonyl (C=O) groups is 11. The van der Waals surface area contributed by atoms with Gasteiger partial charge in [-0.1, -0.05) is 109 Å². The zero-order valence-electron chi connectivity index (χ0n) is 57.1. The van der Waals surface area contributed by atoms with Crippen LogP contribution in [0.5, 0.6) is 0 Å². The highest BCUT2D eigenvalue weighted by Crippen LogP contribution is 2.26. The van der Waals surface area contributed by atoms with Crippen LogP contribution >= 0.6 is 0 Å². The van der Waals surface area contributed by atoms with Crippen molar-refractivity contribution in [2.24, 2.45) is 41.4 Å². The molecule has 0 radical (unpaired) electrons. The third-order valence-electron chi connectivity index (χ3n) is 16.3. The number of aliphatic hydroxyl groups is 2. The monoisotopic (exact) mass is 1230 g/mol. The molecular weight excluding hydrogens is 1120 g/mol. The minimum atomic E-state index is -1.68. The van der Waals surface area contributed by atoms with E-state index in [1.165, 1.54) is 93.8 Å². The largest absolute Gasteiger partial charge is 0.390 e. The van der Waals surface area contributed by atoms with Crippen molar-refractivity contribution in [2.75, 3.05) is 55.9 Å². The van der Waals surface area contributed by atoms with Crippen molar-refractivity contribution < 1.29 is 63.0 Å². The molecule has 0 aromatic carbocycles. The van der Waals surface area contributed by atoms with Gasteiger partial charge in [-0.25, -0.2) is 0 Å². The third-order valence-corrected chi connectivity index (χ3v) is 16.3. The van der Waals surface area contributed by atoms with Gasteiger partial charge < -0.3 is 65.8 Å². The van der Waals surface area contributed by atoms with Crippen LogP contribution in [0.4, 0.5) is 0 Å². The number of allylic oxidation sites excluding steroid dienone is 1. The first kappa shape index (κ1) is 78.8. The summed E-state index contributed by atoms with van der Waals surface area (Å²) in [5, 5.41) is 33.1. The number of rotatable bonds is 16. The van der Waals surface area contributed by atoms with E-state index in [0.717, 1.165) is 9.80 Å². The summed E-state index contributed by atoms with van der Waals surface area (Å²) >= 11 is 0. The van der Waals surface area contributed by atoms with E-state index in [9.17, 15) is 53.4 Å². The Hall–Kier alpha value is -6.17. The minimum Gasteiger partial charge on any atom is -0.390 e. The Morgan fingerprint density at radius 3 is 1.31 bits per heavy atom. The topological polar surface area (TPSA) is 299 Å². The molecule has 0 aromatic heterocycles. The molecule has 2 unspecified atom stereocenters. The Labute approximate surface area is 520 Å². The van der Waals surface area contributed by atoms with Gasteiger partial charge in [-0.05, 0) is 101 Å². The van der Waals surface area contributed by atoms with E-state index in [4.69, 9.17) is 0 Å². The molecular formula is C63H113N11O13. The molecule has 1 heterocycles. The number of carbonyl (C=O) groups excluding carboxylic acids is 11. The molecule has 1 aliphatic heterocycles. The van der Waals surface area contributed by atoms with Crippen molar-refractivity contribution in [1.82, 2.24) is 55.6 Å². The fourth-order valence-electron chi connectivity index (χ4n) is 10.8. The van der Waals surface area contributed by atoms with Crippen molar-refractivity contribution in [2.45, 2.75) is 229 Å². The second kappa shape index (κ2) is 35.7. The van der Waals surface area contributed by atoms with E-state index in [0.29, 0.717) is 0 Å². The molecule has 498 valence electrons. The minimum absolute atomic E-state index is 0.00634. The number of hydrogen-bond acceptors (Lipinski definition) is 13. The summed E-state index contributed by atoms with van der Waals surface area (Å²) in [4.78, 5) is 169. The molecule has 1 aliphatic rings. The second-order valence-corrected chi connectivity index (χ2v) is 26.7. The van der Waals surface area contributed by atoms with Gasteiger partial charge in [0.2, 0.25) is 65.0 Å². The maximum absolute atomic E-state index is 15.2. The van der Waals surface area contributed by atoms with Crippen molar-refractivity contribution in [3.05, 3.63) is 12.2 Å². The molecule has 0 bridgehead atoms. The zero-order valence-corrected chi connectivity index (χ0v) is 57.1. The van der Waals surface area contributed by atoms with Crippen LogP contribution < -0.4 is 21.3 Å². The first-order valence-corrected chi connectivity index (χ1v) is 31.2. The quantitative estimate of drug-likeness (QED) is 0.121. The van der Waals surface area contributed by atoms with Crippen molar-refractivity contribution >= 4 is 65.0 Å². The zero-order chi connectivity index (χ0) is 67.6. The summed E-state index contributed by atoms with van der Waals surface area (Å²) in [5.41, 5.74) is 0. The first-order chi connectivity index (χ1) is 40.1. The lowest BCUT2D eigenvalue weighted by atomic mass is 9.91. The van der Waals surface area contributed by atoms with E-state index in [-0.39, 0.29) is 62.2 Å². The maximum Gasteiger partial charge on any atom is 0.246 e. The van der Waals surface area contributed by atoms with Gasteiger partial charge in [0.1, 0.15) is 60.4 Å². The fraction of sp³-hybridized carbons (Fsp3) is 0.794. The van der Waals surface area contributed by atoms with E-state index in [1.54, 1.807) is 54.5 Å². The van der Waals surface area contributed by atoms with Crippen LogP contribution in [0.2, 0.25) is 0 Å². The first-order valence-electron chi connectivity index (χ1n) is 31.2. The Bertz CT molecular complexity index is 2380. The van der Waals surface area contributed by atoms with Crippen LogP contribution in [0.25, 0.3) is 0 Å². The molecule has 11 amide bonds. The Balaban J connectivity index is 4.35. The van der Waals surface area contributed by atoms with Crippen molar-refractivity contribution in [3.63, 3.8) is 0 Å². The number of aliphatic hydroxyl groups excluding tert-OH is 2. The molecule has 1 saturated heterocycles. The summed E-state index contributed by atoms with van der Waals surface area (Å²) in [6.07, 6.45) is 1.44. The maximum atomic E-state index is 15.2. The van der Waals surface area contributed by atoms with Crippen LogP contribution in [0.3, 0.4) is 0 Å². The van der Waals surface area contributed by atoms with Crippen LogP contribution in [-0.2, 0) is 52.7 Å². The predicted octanol–water partition coefficient (Wildman–Crippen LogP) is 2.63. The summed E-state index contributed by atoms with van der Waals surface area (Å²) in [6, 6.07) is -12.6. The van der Waals surface area contributed by atoms with E-state index in [2.05, 4.69) is 21.3 Å². The third kappa shape index (κ3) is 22.7. The summed E-state index contributed by atoms with van der Waals surface area (Å²) in [6.45, 7) is 28.8. The molecule has 0 aliphatic carbocycles. The lowest BCUT2D eigenvalue weighted by Crippen LogP contribution is -2.63. The molecule has 0 spiro atoms. The van der Waals surface area contributed by atoms with E-state index in [1.807, 2.05) is 55.4 Å². The molecule has 1 rings (SSSR count). The summed E-state index contributed by atoms with van der Waals surface area (Å²) in [7, 11) is 9.81. The Morgan fingerprint density at radius 2 is 0.862 bits per heavy atom. The van der Waals surface area contributed by atoms with Crippen LogP contribution in [0.15, 0.2) is 12.2 Å². The van der Waals surface area contributed by atoms with Gasteiger partial charge >= 0.3 is 0 Å². The predicted molar refractivity (Wildman–Crippen MR) is 334 cm³/mol. The molecule has 24 nitrogen and oxygen atoms in total. The highest BCUT2D eigenvalue weighted by atomic mass is 16.3. The molecule has 24 heteroatoms. The number of amides is 11. The average molecular weight is 1230 g/mol. The lowest BCUT2D eigenvalue weighted by molar-refractivity contribution is -0.157. The SMILES string of the molecule is CC[C@@H]1NC(=O)C([C@H](O)[C@H](C)C/C=C\C(C)O)N(C)C(=O)[C@H](C(C)C)N(C)C(=O)[C@H](CC(C)C)N(C)C(=O)[C@H](CC(C)C)N(C)C(=O)[C@H](C)NC(=O)[C@H](C)NC(=O)[C@H](CC(C)C)N(C)C(=O)[C@H](C(C)C)NC(=O)[C@H](CC(C)C)N(C)C(=O)CN(C)C1=O. The normalized spacial score (nSPS) is 26.9.